The van der Waals surface area contributed by atoms with Crippen LogP contribution in [0.3, 0.4) is 0 Å². The van der Waals surface area contributed by atoms with Crippen molar-refractivity contribution in [3.05, 3.63) is 52.6 Å². The van der Waals surface area contributed by atoms with Crippen molar-refractivity contribution in [2.24, 2.45) is 4.99 Å². The third kappa shape index (κ3) is 1.85. The molecule has 1 aromatic rings. The highest BCUT2D eigenvalue weighted by Gasteiger charge is 2.20. The molecular weight excluding hydrogens is 234 g/mol. The highest BCUT2D eigenvalue weighted by Crippen LogP contribution is 2.29. The van der Waals surface area contributed by atoms with E-state index in [-0.39, 0.29) is 10.8 Å². The highest BCUT2D eigenvalue weighted by atomic mass is 35.5. The van der Waals surface area contributed by atoms with E-state index in [4.69, 9.17) is 11.6 Å². The third-order valence-electron chi connectivity index (χ3n) is 3.03. The van der Waals surface area contributed by atoms with Crippen LogP contribution in [0.2, 0.25) is 0 Å². The quantitative estimate of drug-likeness (QED) is 0.643. The molecule has 84 valence electrons. The number of para-hydroxylation sites is 1. The molecule has 0 atom stereocenters. The van der Waals surface area contributed by atoms with E-state index in [2.05, 4.69) is 11.1 Å². The van der Waals surface area contributed by atoms with Crippen LogP contribution in [0.4, 0.5) is 5.69 Å². The van der Waals surface area contributed by atoms with Gasteiger partial charge in [0.1, 0.15) is 0 Å². The highest BCUT2D eigenvalue weighted by molar-refractivity contribution is 6.47. The number of fused-ring (bicyclic) bond motifs is 2. The normalized spacial score (nSPS) is 18.4. The molecule has 0 fully saturated rings. The maximum absolute atomic E-state index is 11.5. The summed E-state index contributed by atoms with van der Waals surface area (Å²) in [7, 11) is 0. The van der Waals surface area contributed by atoms with E-state index < -0.39 is 0 Å². The maximum atomic E-state index is 11.5. The fourth-order valence-electron chi connectivity index (χ4n) is 2.12. The average molecular weight is 244 g/mol. The molecule has 3 rings (SSSR count). The van der Waals surface area contributed by atoms with E-state index in [9.17, 15) is 4.79 Å². The molecule has 0 radical (unpaired) electrons. The lowest BCUT2D eigenvalue weighted by Crippen LogP contribution is -2.10. The Balaban J connectivity index is 2.14. The lowest BCUT2D eigenvalue weighted by Gasteiger charge is -2.09. The first kappa shape index (κ1) is 10.5. The number of nitrogens with zero attached hydrogens (tertiary/aromatic N) is 1. The van der Waals surface area contributed by atoms with Crippen molar-refractivity contribution in [1.29, 1.82) is 0 Å². The van der Waals surface area contributed by atoms with Crippen LogP contribution in [0, 0.1) is 0 Å². The fourth-order valence-corrected chi connectivity index (χ4v) is 2.28. The van der Waals surface area contributed by atoms with Crippen LogP contribution in [0.15, 0.2) is 52.0 Å². The molecule has 0 bridgehead atoms. The van der Waals surface area contributed by atoms with Gasteiger partial charge >= 0.3 is 0 Å². The van der Waals surface area contributed by atoms with E-state index in [0.717, 1.165) is 29.8 Å². The van der Waals surface area contributed by atoms with Gasteiger partial charge in [0.05, 0.1) is 16.4 Å². The minimum atomic E-state index is -0.119. The number of aryl methyl sites for hydroxylation is 1. The molecule has 17 heavy (non-hydrogen) atoms. The Bertz CT molecular complexity index is 596. The smallest absolute Gasteiger partial charge is 0.197 e. The van der Waals surface area contributed by atoms with Crippen LogP contribution in [0.5, 0.6) is 0 Å². The van der Waals surface area contributed by atoms with Crippen molar-refractivity contribution in [3.63, 3.8) is 0 Å². The zero-order valence-corrected chi connectivity index (χ0v) is 9.87. The molecule has 0 saturated carbocycles. The van der Waals surface area contributed by atoms with Crippen LogP contribution < -0.4 is 0 Å². The summed E-state index contributed by atoms with van der Waals surface area (Å²) in [5.74, 6) is -0.119. The summed E-state index contributed by atoms with van der Waals surface area (Å²) >= 11 is 5.85. The monoisotopic (exact) mass is 243 g/mol. The summed E-state index contributed by atoms with van der Waals surface area (Å²) in [4.78, 5) is 16.1. The molecular formula is C14H10ClNO. The van der Waals surface area contributed by atoms with Gasteiger partial charge in [0, 0.05) is 0 Å². The second-order valence-corrected chi connectivity index (χ2v) is 4.56. The van der Waals surface area contributed by atoms with E-state index in [0.29, 0.717) is 0 Å². The van der Waals surface area contributed by atoms with Crippen molar-refractivity contribution in [2.45, 2.75) is 12.8 Å². The van der Waals surface area contributed by atoms with E-state index in [1.807, 2.05) is 18.2 Å². The molecule has 1 heterocycles. The Hall–Kier alpha value is -1.67. The van der Waals surface area contributed by atoms with Crippen LogP contribution >= 0.6 is 11.6 Å². The second-order valence-electron chi connectivity index (χ2n) is 4.15. The molecule has 1 aliphatic carbocycles. The first-order valence-corrected chi connectivity index (χ1v) is 5.91. The molecule has 2 aliphatic rings. The number of allylic oxidation sites excluding steroid dienone is 4. The van der Waals surface area contributed by atoms with Gasteiger partial charge in [-0.15, -0.1) is 0 Å². The average Bonchev–Trinajstić information content (AvgIpc) is 2.49. The Morgan fingerprint density at radius 2 is 1.94 bits per heavy atom. The lowest BCUT2D eigenvalue weighted by atomic mass is 9.97. The fraction of sp³-hybridized carbons (Fsp3) is 0.143. The Morgan fingerprint density at radius 3 is 2.82 bits per heavy atom. The summed E-state index contributed by atoms with van der Waals surface area (Å²) in [6.45, 7) is 0. The molecule has 0 unspecified atom stereocenters. The van der Waals surface area contributed by atoms with E-state index in [1.165, 1.54) is 5.56 Å². The summed E-state index contributed by atoms with van der Waals surface area (Å²) in [5, 5.41) is 0.242. The number of rotatable bonds is 0. The summed E-state index contributed by atoms with van der Waals surface area (Å²) in [5.41, 5.74) is 3.99. The SMILES string of the molecule is O=C1C=C2CCc3ccccc3N=C2C=C1Cl. The number of hydrogen-bond acceptors (Lipinski definition) is 2. The van der Waals surface area contributed by atoms with Crippen molar-refractivity contribution in [2.75, 3.05) is 0 Å². The van der Waals surface area contributed by atoms with E-state index >= 15 is 0 Å². The van der Waals surface area contributed by atoms with Crippen molar-refractivity contribution in [1.82, 2.24) is 0 Å². The van der Waals surface area contributed by atoms with Gasteiger partial charge in [-0.05, 0) is 42.2 Å². The summed E-state index contributed by atoms with van der Waals surface area (Å²) in [6.07, 6.45) is 5.02. The Morgan fingerprint density at radius 1 is 1.12 bits per heavy atom. The minimum absolute atomic E-state index is 0.119. The number of carbonyl (C=O) groups is 1. The van der Waals surface area contributed by atoms with Crippen molar-refractivity contribution >= 4 is 28.8 Å². The molecule has 0 aromatic heterocycles. The van der Waals surface area contributed by atoms with Gasteiger partial charge in [0.25, 0.3) is 0 Å². The number of benzene rings is 1. The lowest BCUT2D eigenvalue weighted by molar-refractivity contribution is -0.110. The molecule has 1 aromatic carbocycles. The molecule has 0 amide bonds. The minimum Gasteiger partial charge on any atom is -0.288 e. The van der Waals surface area contributed by atoms with Gasteiger partial charge in [-0.1, -0.05) is 29.8 Å². The zero-order chi connectivity index (χ0) is 11.8. The van der Waals surface area contributed by atoms with Gasteiger partial charge in [-0.3, -0.25) is 4.79 Å². The number of ketones is 1. The third-order valence-corrected chi connectivity index (χ3v) is 3.32. The van der Waals surface area contributed by atoms with Gasteiger partial charge in [0.15, 0.2) is 5.78 Å². The summed E-state index contributed by atoms with van der Waals surface area (Å²) in [6, 6.07) is 8.04. The van der Waals surface area contributed by atoms with Crippen molar-refractivity contribution in [3.8, 4) is 0 Å². The number of aliphatic imine (C=N–C) groups is 1. The van der Waals surface area contributed by atoms with Crippen molar-refractivity contribution < 1.29 is 4.79 Å². The van der Waals surface area contributed by atoms with Crippen LogP contribution in [-0.2, 0) is 11.2 Å². The number of carbonyl (C=O) groups excluding carboxylic acids is 1. The molecule has 1 aliphatic heterocycles. The first-order chi connectivity index (χ1) is 8.24. The van der Waals surface area contributed by atoms with Gasteiger partial charge in [-0.2, -0.15) is 0 Å². The molecule has 0 spiro atoms. The molecule has 0 N–H and O–H groups in total. The van der Waals surface area contributed by atoms with Gasteiger partial charge in [-0.25, -0.2) is 4.99 Å². The Labute approximate surface area is 104 Å². The molecule has 0 saturated heterocycles. The first-order valence-electron chi connectivity index (χ1n) is 5.53. The van der Waals surface area contributed by atoms with Crippen LogP contribution in [0.25, 0.3) is 0 Å². The Kier molecular flexibility index (Phi) is 2.45. The molecule has 2 nitrogen and oxygen atoms in total. The van der Waals surface area contributed by atoms with Crippen LogP contribution in [-0.4, -0.2) is 11.5 Å². The topological polar surface area (TPSA) is 29.4 Å². The van der Waals surface area contributed by atoms with Gasteiger partial charge in [0.2, 0.25) is 0 Å². The van der Waals surface area contributed by atoms with Crippen LogP contribution in [0.1, 0.15) is 12.0 Å². The predicted molar refractivity (Wildman–Crippen MR) is 68.9 cm³/mol. The maximum Gasteiger partial charge on any atom is 0.197 e. The second kappa shape index (κ2) is 3.97. The number of hydrogen-bond donors (Lipinski definition) is 0. The predicted octanol–water partition coefficient (Wildman–Crippen LogP) is 3.34. The molecule has 3 heteroatoms. The zero-order valence-electron chi connectivity index (χ0n) is 9.11. The van der Waals surface area contributed by atoms with E-state index in [1.54, 1.807) is 12.2 Å². The van der Waals surface area contributed by atoms with Gasteiger partial charge < -0.3 is 0 Å². The largest absolute Gasteiger partial charge is 0.288 e. The number of halogens is 1. The summed E-state index contributed by atoms with van der Waals surface area (Å²) < 4.78 is 0. The standard InChI is InChI=1S/C14H10ClNO/c15-11-8-13-10(7-14(11)17)6-5-9-3-1-2-4-12(9)16-13/h1-4,7-8H,5-6H2.